The van der Waals surface area contributed by atoms with Crippen molar-refractivity contribution in [2.75, 3.05) is 0 Å². The maximum Gasteiger partial charge on any atom is 0.306 e. The van der Waals surface area contributed by atoms with Crippen molar-refractivity contribution < 1.29 is 29.3 Å². The lowest BCUT2D eigenvalue weighted by Gasteiger charge is -2.27. The van der Waals surface area contributed by atoms with Crippen molar-refractivity contribution in [3.05, 3.63) is 144 Å². The van der Waals surface area contributed by atoms with Crippen LogP contribution in [0.25, 0.3) is 32.3 Å². The van der Waals surface area contributed by atoms with Gasteiger partial charge in [-0.25, -0.2) is 0 Å². The Morgan fingerprint density at radius 2 is 0.913 bits per heavy atom. The normalized spacial score (nSPS) is 23.2. The van der Waals surface area contributed by atoms with E-state index in [-0.39, 0.29) is 60.0 Å². The Balaban J connectivity index is 0.000000143. The molecule has 4 aliphatic rings. The van der Waals surface area contributed by atoms with Gasteiger partial charge in [0.2, 0.25) is 11.8 Å². The van der Waals surface area contributed by atoms with E-state index in [0.29, 0.717) is 31.3 Å². The van der Waals surface area contributed by atoms with Gasteiger partial charge in [-0.3, -0.25) is 14.4 Å². The van der Waals surface area contributed by atoms with Crippen LogP contribution < -0.4 is 16.4 Å². The lowest BCUT2D eigenvalue weighted by atomic mass is 9.84. The number of hydrogen-bond acceptors (Lipinski definition) is 7. The quantitative estimate of drug-likeness (QED) is 0.0906. The van der Waals surface area contributed by atoms with Gasteiger partial charge in [0, 0.05) is 24.8 Å². The van der Waals surface area contributed by atoms with E-state index in [4.69, 9.17) is 10.5 Å². The number of hydrogen-bond donors (Lipinski definition) is 5. The second-order valence-electron chi connectivity index (χ2n) is 20.0. The molecule has 9 atom stereocenters. The first kappa shape index (κ1) is 51.2. The van der Waals surface area contributed by atoms with Crippen LogP contribution in [-0.2, 0) is 19.1 Å². The third-order valence-corrected chi connectivity index (χ3v) is 14.8. The molecular weight excluding hydrogens is 859 g/mol. The van der Waals surface area contributed by atoms with Crippen LogP contribution in [-0.4, -0.2) is 46.3 Å². The number of carbonyl (C=O) groups excluding carboxylic acids is 3. The third-order valence-electron chi connectivity index (χ3n) is 14.8. The number of esters is 1. The number of nitrogens with one attached hydrogen (secondary N) is 2. The summed E-state index contributed by atoms with van der Waals surface area (Å²) in [6, 6.07) is 43.5. The van der Waals surface area contributed by atoms with Gasteiger partial charge in [-0.1, -0.05) is 159 Å². The Bertz CT molecular complexity index is 2460. The number of benzene rings is 6. The first-order valence-electron chi connectivity index (χ1n) is 25.8. The molecule has 0 radical (unpaired) electrons. The van der Waals surface area contributed by atoms with Crippen LogP contribution in [0.1, 0.15) is 152 Å². The number of rotatable bonds is 9. The van der Waals surface area contributed by atoms with Gasteiger partial charge in [0.15, 0.2) is 0 Å². The van der Waals surface area contributed by atoms with Crippen LogP contribution in [0.2, 0.25) is 0 Å². The van der Waals surface area contributed by atoms with Gasteiger partial charge in [0.1, 0.15) is 6.10 Å². The second-order valence-corrected chi connectivity index (χ2v) is 20.0. The molecule has 4 fully saturated rings. The van der Waals surface area contributed by atoms with Crippen LogP contribution in [0.3, 0.4) is 0 Å². The summed E-state index contributed by atoms with van der Waals surface area (Å²) in [7, 11) is 0. The number of nitrogens with two attached hydrogens (primary N) is 1. The fourth-order valence-electron chi connectivity index (χ4n) is 11.0. The van der Waals surface area contributed by atoms with Gasteiger partial charge < -0.3 is 31.3 Å². The average molecular weight is 934 g/mol. The Morgan fingerprint density at radius 3 is 1.35 bits per heavy atom. The van der Waals surface area contributed by atoms with Crippen LogP contribution >= 0.6 is 0 Å². The van der Waals surface area contributed by atoms with E-state index in [1.165, 1.54) is 57.1 Å². The fourth-order valence-corrected chi connectivity index (χ4v) is 11.0. The summed E-state index contributed by atoms with van der Waals surface area (Å²) in [5.41, 5.74) is 9.38. The standard InChI is InChI=1S/2C20H25NO2.C12H13N.C8H12O2/c2*1-14(17-11-6-9-15-7-2-4-10-18(15)17)21-20(23)13-16-8-3-5-12-19(16)22;1-9(13)11-8-4-6-10-5-2-3-7-12(10)11;9-8-5-6-3-1-2-4-7(6)10-8/h2*2,4,6-7,9-11,14,16,19,22H,3,5,8,12-13H2,1H3,(H,21,23);2-9H,13H2,1H3;6-7H,1-5H2/t14-,16+,19-;14-,16-,19+;9-;6-,7+/m1110/s1. The largest absolute Gasteiger partial charge is 0.462 e. The zero-order valence-electron chi connectivity index (χ0n) is 41.0. The summed E-state index contributed by atoms with van der Waals surface area (Å²) in [4.78, 5) is 35.5. The molecule has 6 aromatic rings. The first-order valence-corrected chi connectivity index (χ1v) is 25.8. The Hall–Kier alpha value is -5.61. The number of aliphatic hydroxyl groups excluding tert-OH is 2. The van der Waals surface area contributed by atoms with E-state index in [1.807, 2.05) is 69.3 Å². The molecule has 0 unspecified atom stereocenters. The SMILES string of the molecule is C[C@@H](N)c1cccc2ccccc12.C[C@@H](NC(=O)C[C@@H]1CCCC[C@H]1O)c1cccc2ccccc12.C[C@@H](NC(=O)C[C@H]1CCCC[C@@H]1O)c1cccc2ccccc12.O=C1C[C@@H]2CCCC[C@H]2O1. The van der Waals surface area contributed by atoms with Gasteiger partial charge in [0.25, 0.3) is 0 Å². The molecule has 9 nitrogen and oxygen atoms in total. The Labute approximate surface area is 409 Å². The van der Waals surface area contributed by atoms with Crippen LogP contribution in [0.15, 0.2) is 127 Å². The van der Waals surface area contributed by atoms with Crippen molar-refractivity contribution in [3.63, 3.8) is 0 Å². The molecule has 3 aliphatic carbocycles. The highest BCUT2D eigenvalue weighted by atomic mass is 16.5. The minimum Gasteiger partial charge on any atom is -0.462 e. The highest BCUT2D eigenvalue weighted by molar-refractivity contribution is 5.88. The van der Waals surface area contributed by atoms with Crippen molar-refractivity contribution >= 4 is 50.1 Å². The summed E-state index contributed by atoms with van der Waals surface area (Å²) >= 11 is 0. The predicted octanol–water partition coefficient (Wildman–Crippen LogP) is 12.3. The molecule has 2 amide bonds. The summed E-state index contributed by atoms with van der Waals surface area (Å²) in [5.74, 6) is 0.901. The highest BCUT2D eigenvalue weighted by Gasteiger charge is 2.36. The summed E-state index contributed by atoms with van der Waals surface area (Å²) in [6.45, 7) is 6.07. The molecule has 366 valence electrons. The molecule has 0 bridgehead atoms. The van der Waals surface area contributed by atoms with Gasteiger partial charge in [-0.15, -0.1) is 0 Å². The molecule has 3 saturated carbocycles. The molecule has 1 aliphatic heterocycles. The molecule has 69 heavy (non-hydrogen) atoms. The van der Waals surface area contributed by atoms with Crippen molar-refractivity contribution in [3.8, 4) is 0 Å². The molecule has 9 heteroatoms. The molecule has 0 spiro atoms. The van der Waals surface area contributed by atoms with Crippen LogP contribution in [0.5, 0.6) is 0 Å². The first-order chi connectivity index (χ1) is 33.4. The molecule has 6 aromatic carbocycles. The molecular formula is C60H75N3O6. The number of carbonyl (C=O) groups is 3. The van der Waals surface area contributed by atoms with Crippen molar-refractivity contribution in [2.45, 2.75) is 154 Å². The molecule has 1 saturated heterocycles. The third kappa shape index (κ3) is 14.2. The van der Waals surface area contributed by atoms with Crippen LogP contribution in [0.4, 0.5) is 0 Å². The number of amides is 2. The lowest BCUT2D eigenvalue weighted by Crippen LogP contribution is -2.33. The van der Waals surface area contributed by atoms with E-state index in [1.54, 1.807) is 0 Å². The Morgan fingerprint density at radius 1 is 0.536 bits per heavy atom. The van der Waals surface area contributed by atoms with Crippen molar-refractivity contribution in [2.24, 2.45) is 23.5 Å². The van der Waals surface area contributed by atoms with Gasteiger partial charge >= 0.3 is 5.97 Å². The smallest absolute Gasteiger partial charge is 0.306 e. The maximum absolute atomic E-state index is 12.4. The summed E-state index contributed by atoms with van der Waals surface area (Å²) < 4.78 is 5.13. The number of fused-ring (bicyclic) bond motifs is 4. The minimum atomic E-state index is -0.317. The topological polar surface area (TPSA) is 151 Å². The molecule has 10 rings (SSSR count). The van der Waals surface area contributed by atoms with E-state index in [2.05, 4.69) is 89.5 Å². The number of aliphatic hydroxyl groups is 2. The van der Waals surface area contributed by atoms with E-state index >= 15 is 0 Å². The zero-order valence-corrected chi connectivity index (χ0v) is 41.0. The minimum absolute atomic E-state index is 0.0249. The van der Waals surface area contributed by atoms with E-state index < -0.39 is 0 Å². The summed E-state index contributed by atoms with van der Waals surface area (Å²) in [6.07, 6.45) is 14.0. The van der Waals surface area contributed by atoms with E-state index in [9.17, 15) is 24.6 Å². The molecule has 0 aromatic heterocycles. The van der Waals surface area contributed by atoms with E-state index in [0.717, 1.165) is 68.9 Å². The van der Waals surface area contributed by atoms with Crippen molar-refractivity contribution in [1.82, 2.24) is 10.6 Å². The predicted molar refractivity (Wildman–Crippen MR) is 279 cm³/mol. The highest BCUT2D eigenvalue weighted by Crippen LogP contribution is 2.35. The van der Waals surface area contributed by atoms with Crippen molar-refractivity contribution in [1.29, 1.82) is 0 Å². The van der Waals surface area contributed by atoms with Gasteiger partial charge in [0.05, 0.1) is 30.7 Å². The average Bonchev–Trinajstić information content (AvgIpc) is 3.75. The monoisotopic (exact) mass is 934 g/mol. The number of ether oxygens (including phenoxy) is 1. The maximum atomic E-state index is 12.4. The van der Waals surface area contributed by atoms with Gasteiger partial charge in [-0.2, -0.15) is 0 Å². The zero-order chi connectivity index (χ0) is 48.7. The second kappa shape index (κ2) is 25.3. The molecule has 6 N–H and O–H groups in total. The van der Waals surface area contributed by atoms with Gasteiger partial charge in [-0.05, 0) is 127 Å². The fraction of sp³-hybridized carbons (Fsp3) is 0.450. The van der Waals surface area contributed by atoms with Crippen LogP contribution in [0, 0.1) is 17.8 Å². The lowest BCUT2D eigenvalue weighted by molar-refractivity contribution is -0.142. The summed E-state index contributed by atoms with van der Waals surface area (Å²) in [5, 5.41) is 33.5. The Kier molecular flexibility index (Phi) is 18.8. The molecule has 1 heterocycles.